The van der Waals surface area contributed by atoms with E-state index < -0.39 is 0 Å². The van der Waals surface area contributed by atoms with Crippen molar-refractivity contribution in [1.82, 2.24) is 5.32 Å². The molecule has 0 heterocycles. The normalized spacial score (nSPS) is 11.0. The second-order valence-corrected chi connectivity index (χ2v) is 4.62. The lowest BCUT2D eigenvalue weighted by atomic mass is 10.1. The van der Waals surface area contributed by atoms with Gasteiger partial charge in [0.1, 0.15) is 0 Å². The van der Waals surface area contributed by atoms with Gasteiger partial charge in [0.2, 0.25) is 0 Å². The lowest BCUT2D eigenvalue weighted by Crippen LogP contribution is -2.18. The van der Waals surface area contributed by atoms with Gasteiger partial charge in [-0.25, -0.2) is 0 Å². The van der Waals surface area contributed by atoms with E-state index in [4.69, 9.17) is 0 Å². The molecule has 0 saturated heterocycles. The molecule has 0 aromatic heterocycles. The molecule has 0 fully saturated rings. The van der Waals surface area contributed by atoms with E-state index in [1.165, 1.54) is 38.1 Å². The molecule has 0 unspecified atom stereocenters. The third-order valence-electron chi connectivity index (χ3n) is 1.85. The molecule has 0 spiro atoms. The van der Waals surface area contributed by atoms with E-state index in [9.17, 15) is 0 Å². The van der Waals surface area contributed by atoms with Crippen molar-refractivity contribution in [2.75, 3.05) is 25.1 Å². The van der Waals surface area contributed by atoms with Gasteiger partial charge in [-0.05, 0) is 50.3 Å². The van der Waals surface area contributed by atoms with Gasteiger partial charge in [-0.1, -0.05) is 13.8 Å². The molecule has 0 radical (unpaired) electrons. The predicted molar refractivity (Wildman–Crippen MR) is 59.9 cm³/mol. The Morgan fingerprint density at radius 3 is 2.50 bits per heavy atom. The Morgan fingerprint density at radius 1 is 1.17 bits per heavy atom. The number of hydrogen-bond donors (Lipinski definition) is 1. The van der Waals surface area contributed by atoms with E-state index in [1.54, 1.807) is 0 Å². The minimum Gasteiger partial charge on any atom is -0.317 e. The smallest absolute Gasteiger partial charge is 0.00465 e. The van der Waals surface area contributed by atoms with Crippen LogP contribution in [0.5, 0.6) is 0 Å². The van der Waals surface area contributed by atoms with Crippen LogP contribution in [-0.4, -0.2) is 25.1 Å². The second kappa shape index (κ2) is 9.40. The van der Waals surface area contributed by atoms with E-state index in [1.807, 2.05) is 11.8 Å². The van der Waals surface area contributed by atoms with Crippen molar-refractivity contribution in [2.24, 2.45) is 5.92 Å². The molecule has 0 aromatic carbocycles. The molecule has 0 saturated carbocycles. The van der Waals surface area contributed by atoms with Gasteiger partial charge < -0.3 is 5.32 Å². The summed E-state index contributed by atoms with van der Waals surface area (Å²) in [5, 5.41) is 3.47. The van der Waals surface area contributed by atoms with Crippen LogP contribution in [0.15, 0.2) is 0 Å². The van der Waals surface area contributed by atoms with Crippen LogP contribution in [0.2, 0.25) is 0 Å². The molecule has 12 heavy (non-hydrogen) atoms. The minimum atomic E-state index is 0.837. The topological polar surface area (TPSA) is 12.0 Å². The van der Waals surface area contributed by atoms with Crippen LogP contribution in [0.4, 0.5) is 0 Å². The molecule has 0 aliphatic rings. The molecule has 2 heteroatoms. The van der Waals surface area contributed by atoms with Crippen LogP contribution in [0.3, 0.4) is 0 Å². The summed E-state index contributed by atoms with van der Waals surface area (Å²) in [6.45, 7) is 6.94. The molecule has 0 bridgehead atoms. The van der Waals surface area contributed by atoms with Gasteiger partial charge in [0, 0.05) is 0 Å². The van der Waals surface area contributed by atoms with E-state index in [2.05, 4.69) is 25.4 Å². The molecule has 0 atom stereocenters. The Bertz CT molecular complexity index is 83.9. The van der Waals surface area contributed by atoms with E-state index in [-0.39, 0.29) is 0 Å². The average molecular weight is 189 g/mol. The zero-order chi connectivity index (χ0) is 9.23. The van der Waals surface area contributed by atoms with Crippen molar-refractivity contribution >= 4 is 11.8 Å². The summed E-state index contributed by atoms with van der Waals surface area (Å²) in [4.78, 5) is 0. The zero-order valence-corrected chi connectivity index (χ0v) is 9.54. The third kappa shape index (κ3) is 10.3. The summed E-state index contributed by atoms with van der Waals surface area (Å²) in [7, 11) is 0. The fourth-order valence-electron chi connectivity index (χ4n) is 1.01. The highest BCUT2D eigenvalue weighted by atomic mass is 32.2. The van der Waals surface area contributed by atoms with Crippen LogP contribution in [0, 0.1) is 5.92 Å². The van der Waals surface area contributed by atoms with Gasteiger partial charge >= 0.3 is 0 Å². The number of rotatable bonds is 8. The number of thioether (sulfide) groups is 1. The summed E-state index contributed by atoms with van der Waals surface area (Å²) in [6, 6.07) is 0. The Labute approximate surface area is 81.7 Å². The van der Waals surface area contributed by atoms with Crippen molar-refractivity contribution in [1.29, 1.82) is 0 Å². The van der Waals surface area contributed by atoms with E-state index in [0.29, 0.717) is 0 Å². The largest absolute Gasteiger partial charge is 0.317 e. The summed E-state index contributed by atoms with van der Waals surface area (Å²) in [5.41, 5.74) is 0. The molecule has 0 aromatic rings. The highest BCUT2D eigenvalue weighted by Gasteiger charge is 1.92. The maximum absolute atomic E-state index is 3.47. The minimum absolute atomic E-state index is 0.837. The van der Waals surface area contributed by atoms with Gasteiger partial charge in [-0.3, -0.25) is 0 Å². The Morgan fingerprint density at radius 2 is 1.92 bits per heavy atom. The van der Waals surface area contributed by atoms with Gasteiger partial charge in [0.05, 0.1) is 0 Å². The molecular weight excluding hydrogens is 166 g/mol. The first kappa shape index (κ1) is 12.3. The summed E-state index contributed by atoms with van der Waals surface area (Å²) >= 11 is 1.94. The first-order valence-corrected chi connectivity index (χ1v) is 6.36. The van der Waals surface area contributed by atoms with E-state index in [0.717, 1.165) is 5.92 Å². The highest BCUT2D eigenvalue weighted by Crippen LogP contribution is 1.99. The fourth-order valence-corrected chi connectivity index (χ4v) is 1.50. The van der Waals surface area contributed by atoms with Gasteiger partial charge in [0.15, 0.2) is 0 Å². The van der Waals surface area contributed by atoms with Gasteiger partial charge in [-0.15, -0.1) is 0 Å². The monoisotopic (exact) mass is 189 g/mol. The lowest BCUT2D eigenvalue weighted by molar-refractivity contribution is 0.531. The highest BCUT2D eigenvalue weighted by molar-refractivity contribution is 7.98. The fraction of sp³-hybridized carbons (Fsp3) is 1.00. The second-order valence-electron chi connectivity index (χ2n) is 3.63. The van der Waals surface area contributed by atoms with Crippen LogP contribution in [0.25, 0.3) is 0 Å². The molecule has 0 rings (SSSR count). The maximum atomic E-state index is 3.47. The Kier molecular flexibility index (Phi) is 9.64. The molecule has 0 amide bonds. The molecular formula is C10H23NS. The number of unbranched alkanes of at least 4 members (excludes halogenated alkanes) is 1. The summed E-state index contributed by atoms with van der Waals surface area (Å²) in [6.07, 6.45) is 6.17. The van der Waals surface area contributed by atoms with Crippen molar-refractivity contribution in [2.45, 2.75) is 33.1 Å². The number of nitrogens with one attached hydrogen (secondary N) is 1. The Balaban J connectivity index is 2.82. The predicted octanol–water partition coefficient (Wildman–Crippen LogP) is 2.77. The number of hydrogen-bond acceptors (Lipinski definition) is 2. The van der Waals surface area contributed by atoms with Crippen molar-refractivity contribution < 1.29 is 0 Å². The molecule has 1 nitrogen and oxygen atoms in total. The van der Waals surface area contributed by atoms with Gasteiger partial charge in [0.25, 0.3) is 0 Å². The van der Waals surface area contributed by atoms with Crippen LogP contribution < -0.4 is 5.32 Å². The quantitative estimate of drug-likeness (QED) is 0.589. The summed E-state index contributed by atoms with van der Waals surface area (Å²) < 4.78 is 0. The third-order valence-corrected chi connectivity index (χ3v) is 2.55. The van der Waals surface area contributed by atoms with Crippen LogP contribution in [-0.2, 0) is 0 Å². The molecule has 0 aliphatic heterocycles. The standard InChI is InChI=1S/C10H23NS/c1-10(2)6-8-11-7-4-5-9-12-3/h10-11H,4-9H2,1-3H3. The molecule has 74 valence electrons. The van der Waals surface area contributed by atoms with E-state index >= 15 is 0 Å². The lowest BCUT2D eigenvalue weighted by Gasteiger charge is -2.06. The van der Waals surface area contributed by atoms with Crippen LogP contribution >= 0.6 is 11.8 Å². The average Bonchev–Trinajstić information content (AvgIpc) is 2.02. The maximum Gasteiger partial charge on any atom is -0.00465 e. The van der Waals surface area contributed by atoms with Crippen LogP contribution in [0.1, 0.15) is 33.1 Å². The SMILES string of the molecule is CSCCCCNCCC(C)C. The molecule has 0 aliphatic carbocycles. The Hall–Kier alpha value is 0.310. The van der Waals surface area contributed by atoms with Crippen molar-refractivity contribution in [3.05, 3.63) is 0 Å². The van der Waals surface area contributed by atoms with Crippen molar-refractivity contribution in [3.8, 4) is 0 Å². The zero-order valence-electron chi connectivity index (χ0n) is 8.73. The molecule has 1 N–H and O–H groups in total. The van der Waals surface area contributed by atoms with Crippen molar-refractivity contribution in [3.63, 3.8) is 0 Å². The first-order chi connectivity index (χ1) is 5.77. The first-order valence-electron chi connectivity index (χ1n) is 4.97. The summed E-state index contributed by atoms with van der Waals surface area (Å²) in [5.74, 6) is 2.15. The van der Waals surface area contributed by atoms with Gasteiger partial charge in [-0.2, -0.15) is 11.8 Å².